The van der Waals surface area contributed by atoms with Crippen molar-refractivity contribution >= 4 is 17.6 Å². The van der Waals surface area contributed by atoms with Crippen molar-refractivity contribution in [2.24, 2.45) is 5.92 Å². The van der Waals surface area contributed by atoms with Gasteiger partial charge >= 0.3 is 0 Å². The maximum absolute atomic E-state index is 8.84. The lowest BCUT2D eigenvalue weighted by Gasteiger charge is -2.35. The van der Waals surface area contributed by atoms with Crippen molar-refractivity contribution in [3.63, 3.8) is 0 Å². The van der Waals surface area contributed by atoms with Gasteiger partial charge in [0.1, 0.15) is 11.6 Å². The first-order valence-corrected chi connectivity index (χ1v) is 15.7. The largest absolute Gasteiger partial charge is 0.394 e. The van der Waals surface area contributed by atoms with Crippen LogP contribution in [0.15, 0.2) is 6.07 Å². The van der Waals surface area contributed by atoms with Crippen LogP contribution in [0, 0.1) is 5.92 Å². The SMILES string of the molecule is Nc1cc(N2CCN(CCOCCO)CC2)nc(NC2CCC(CCNCCCNC3CCCCC3)CC2)n1. The van der Waals surface area contributed by atoms with Crippen molar-refractivity contribution in [1.29, 1.82) is 0 Å². The Bertz CT molecular complexity index is 793. The molecule has 6 N–H and O–H groups in total. The molecule has 39 heavy (non-hydrogen) atoms. The van der Waals surface area contributed by atoms with Gasteiger partial charge in [-0.1, -0.05) is 19.3 Å². The zero-order chi connectivity index (χ0) is 27.1. The number of nitrogens with one attached hydrogen (secondary N) is 3. The van der Waals surface area contributed by atoms with Crippen molar-refractivity contribution in [3.8, 4) is 0 Å². The minimum atomic E-state index is 0.0801. The van der Waals surface area contributed by atoms with Crippen LogP contribution in [-0.4, -0.2) is 104 Å². The first-order valence-electron chi connectivity index (χ1n) is 15.7. The van der Waals surface area contributed by atoms with E-state index >= 15 is 0 Å². The average molecular weight is 547 g/mol. The first kappa shape index (κ1) is 30.2. The minimum absolute atomic E-state index is 0.0801. The van der Waals surface area contributed by atoms with Gasteiger partial charge in [0, 0.05) is 50.9 Å². The molecule has 4 rings (SSSR count). The molecule has 10 nitrogen and oxygen atoms in total. The number of aliphatic hydroxyl groups excluding tert-OH is 1. The highest BCUT2D eigenvalue weighted by molar-refractivity contribution is 5.52. The lowest BCUT2D eigenvalue weighted by atomic mass is 9.84. The Balaban J connectivity index is 1.08. The summed E-state index contributed by atoms with van der Waals surface area (Å²) in [4.78, 5) is 14.0. The molecule has 222 valence electrons. The Hall–Kier alpha value is -1.72. The van der Waals surface area contributed by atoms with Gasteiger partial charge in [-0.3, -0.25) is 4.90 Å². The number of nitrogens with zero attached hydrogens (tertiary/aromatic N) is 4. The number of rotatable bonds is 16. The Kier molecular flexibility index (Phi) is 13.3. The van der Waals surface area contributed by atoms with E-state index in [-0.39, 0.29) is 6.61 Å². The molecule has 1 aromatic rings. The van der Waals surface area contributed by atoms with Crippen molar-refractivity contribution in [3.05, 3.63) is 6.07 Å². The average Bonchev–Trinajstić information content (AvgIpc) is 2.96. The first-order chi connectivity index (χ1) is 19.2. The van der Waals surface area contributed by atoms with Crippen LogP contribution in [-0.2, 0) is 4.74 Å². The summed E-state index contributed by atoms with van der Waals surface area (Å²) >= 11 is 0. The van der Waals surface area contributed by atoms with E-state index in [9.17, 15) is 0 Å². The summed E-state index contributed by atoms with van der Waals surface area (Å²) in [6.45, 7) is 9.20. The van der Waals surface area contributed by atoms with Gasteiger partial charge in [-0.25, -0.2) is 0 Å². The van der Waals surface area contributed by atoms with Crippen LogP contribution in [0.2, 0.25) is 0 Å². The Labute approximate surface area is 235 Å². The van der Waals surface area contributed by atoms with E-state index in [0.29, 0.717) is 31.0 Å². The second-order valence-electron chi connectivity index (χ2n) is 11.7. The molecule has 3 aliphatic rings. The van der Waals surface area contributed by atoms with E-state index in [1.54, 1.807) is 0 Å². The third-order valence-corrected chi connectivity index (χ3v) is 8.69. The van der Waals surface area contributed by atoms with E-state index in [1.165, 1.54) is 70.6 Å². The second-order valence-corrected chi connectivity index (χ2v) is 11.7. The number of anilines is 3. The van der Waals surface area contributed by atoms with Crippen LogP contribution in [0.25, 0.3) is 0 Å². The normalized spacial score (nSPS) is 23.3. The number of ether oxygens (including phenoxy) is 1. The summed E-state index contributed by atoms with van der Waals surface area (Å²) in [7, 11) is 0. The molecule has 2 aliphatic carbocycles. The Morgan fingerprint density at radius 3 is 2.46 bits per heavy atom. The molecule has 1 saturated heterocycles. The maximum Gasteiger partial charge on any atom is 0.226 e. The molecule has 0 atom stereocenters. The zero-order valence-corrected chi connectivity index (χ0v) is 24.1. The van der Waals surface area contributed by atoms with Crippen LogP contribution in [0.1, 0.15) is 70.6 Å². The molecular formula is C29H54N8O2. The van der Waals surface area contributed by atoms with Gasteiger partial charge in [0.25, 0.3) is 0 Å². The summed E-state index contributed by atoms with van der Waals surface area (Å²) < 4.78 is 5.41. The molecular weight excluding hydrogens is 492 g/mol. The van der Waals surface area contributed by atoms with Crippen molar-refractivity contribution < 1.29 is 9.84 Å². The number of nitrogens with two attached hydrogens (primary N) is 1. The van der Waals surface area contributed by atoms with Gasteiger partial charge in [0.05, 0.1) is 19.8 Å². The molecule has 1 aromatic heterocycles. The lowest BCUT2D eigenvalue weighted by Crippen LogP contribution is -2.47. The number of aromatic nitrogens is 2. The predicted molar refractivity (Wildman–Crippen MR) is 159 cm³/mol. The monoisotopic (exact) mass is 546 g/mol. The van der Waals surface area contributed by atoms with Crippen molar-refractivity contribution in [2.75, 3.05) is 88.1 Å². The molecule has 0 aromatic carbocycles. The predicted octanol–water partition coefficient (Wildman–Crippen LogP) is 2.45. The molecule has 2 saturated carbocycles. The van der Waals surface area contributed by atoms with Gasteiger partial charge in [-0.2, -0.15) is 9.97 Å². The number of piperazine rings is 1. The van der Waals surface area contributed by atoms with Gasteiger partial charge in [0.15, 0.2) is 0 Å². The molecule has 1 aliphatic heterocycles. The Morgan fingerprint density at radius 2 is 1.69 bits per heavy atom. The number of nitrogen functional groups attached to an aromatic ring is 1. The van der Waals surface area contributed by atoms with Crippen molar-refractivity contribution in [1.82, 2.24) is 25.5 Å². The highest BCUT2D eigenvalue weighted by atomic mass is 16.5. The van der Waals surface area contributed by atoms with E-state index in [1.807, 2.05) is 6.07 Å². The topological polar surface area (TPSA) is 124 Å². The standard InChI is InChI=1S/C29H54N8O2/c30-27-23-28(37-17-15-36(16-18-37)19-21-39-22-20-38)35-29(34-27)33-26-9-7-24(8-10-26)11-14-31-12-4-13-32-25-5-2-1-3-6-25/h23-26,31-32,38H,1-22H2,(H3,30,33,34,35). The fourth-order valence-electron chi connectivity index (χ4n) is 6.28. The number of hydrogen-bond donors (Lipinski definition) is 5. The maximum atomic E-state index is 8.84. The number of hydrogen-bond acceptors (Lipinski definition) is 10. The summed E-state index contributed by atoms with van der Waals surface area (Å²) in [6.07, 6.45) is 14.4. The van der Waals surface area contributed by atoms with Gasteiger partial charge < -0.3 is 36.4 Å². The molecule has 2 heterocycles. The summed E-state index contributed by atoms with van der Waals surface area (Å²) in [5.74, 6) is 2.92. The van der Waals surface area contributed by atoms with Gasteiger partial charge in [-0.05, 0) is 76.9 Å². The summed E-state index contributed by atoms with van der Waals surface area (Å²) in [5.41, 5.74) is 6.17. The quantitative estimate of drug-likeness (QED) is 0.198. The molecule has 3 fully saturated rings. The zero-order valence-electron chi connectivity index (χ0n) is 24.1. The van der Waals surface area contributed by atoms with Crippen LogP contribution >= 0.6 is 0 Å². The highest BCUT2D eigenvalue weighted by Gasteiger charge is 2.23. The smallest absolute Gasteiger partial charge is 0.226 e. The van der Waals surface area contributed by atoms with Crippen LogP contribution < -0.4 is 26.6 Å². The number of aliphatic hydroxyl groups is 1. The van der Waals surface area contributed by atoms with Crippen LogP contribution in [0.5, 0.6) is 0 Å². The van der Waals surface area contributed by atoms with Crippen molar-refractivity contribution in [2.45, 2.75) is 82.7 Å². The van der Waals surface area contributed by atoms with Crippen LogP contribution in [0.3, 0.4) is 0 Å². The molecule has 0 amide bonds. The lowest BCUT2D eigenvalue weighted by molar-refractivity contribution is 0.0724. The van der Waals surface area contributed by atoms with E-state index in [4.69, 9.17) is 20.6 Å². The molecule has 10 heteroatoms. The fraction of sp³-hybridized carbons (Fsp3) is 0.862. The van der Waals surface area contributed by atoms with E-state index in [0.717, 1.165) is 70.1 Å². The van der Waals surface area contributed by atoms with E-state index < -0.39 is 0 Å². The molecule has 0 radical (unpaired) electrons. The van der Waals surface area contributed by atoms with Gasteiger partial charge in [-0.15, -0.1) is 0 Å². The Morgan fingerprint density at radius 1 is 0.897 bits per heavy atom. The highest BCUT2D eigenvalue weighted by Crippen LogP contribution is 2.28. The summed E-state index contributed by atoms with van der Waals surface area (Å²) in [6, 6.07) is 3.09. The third-order valence-electron chi connectivity index (χ3n) is 8.69. The molecule has 0 spiro atoms. The molecule has 0 unspecified atom stereocenters. The third kappa shape index (κ3) is 11.0. The summed E-state index contributed by atoms with van der Waals surface area (Å²) in [5, 5.41) is 19.8. The van der Waals surface area contributed by atoms with E-state index in [2.05, 4.69) is 30.7 Å². The second kappa shape index (κ2) is 17.2. The van der Waals surface area contributed by atoms with Crippen LogP contribution in [0.4, 0.5) is 17.6 Å². The molecule has 0 bridgehead atoms. The fourth-order valence-corrected chi connectivity index (χ4v) is 6.28. The minimum Gasteiger partial charge on any atom is -0.394 e. The van der Waals surface area contributed by atoms with Gasteiger partial charge in [0.2, 0.25) is 5.95 Å².